The molecule has 1 aliphatic heterocycles. The molecule has 1 saturated carbocycles. The Kier molecular flexibility index (Phi) is 3.20. The Morgan fingerprint density at radius 3 is 2.74 bits per heavy atom. The second-order valence-electron chi connectivity index (χ2n) is 4.80. The van der Waals surface area contributed by atoms with Crippen molar-refractivity contribution < 1.29 is 18.3 Å². The van der Waals surface area contributed by atoms with E-state index in [0.717, 1.165) is 18.4 Å². The van der Waals surface area contributed by atoms with Gasteiger partial charge in [0.25, 0.3) is 5.91 Å². The summed E-state index contributed by atoms with van der Waals surface area (Å²) in [5.41, 5.74) is 1.06. The maximum Gasteiger partial charge on any atom is 0.387 e. The Morgan fingerprint density at radius 2 is 2.11 bits per heavy atom. The van der Waals surface area contributed by atoms with Crippen molar-refractivity contribution in [3.05, 3.63) is 27.7 Å². The number of hydrogen-bond donors (Lipinski definition) is 0. The van der Waals surface area contributed by atoms with E-state index in [1.165, 1.54) is 6.07 Å². The number of carbonyl (C=O) groups is 1. The van der Waals surface area contributed by atoms with Crippen LogP contribution in [-0.4, -0.2) is 30.0 Å². The van der Waals surface area contributed by atoms with Crippen molar-refractivity contribution in [2.45, 2.75) is 31.9 Å². The van der Waals surface area contributed by atoms with Gasteiger partial charge in [0.05, 0.1) is 5.56 Å². The number of rotatable bonds is 3. The molecule has 19 heavy (non-hydrogen) atoms. The summed E-state index contributed by atoms with van der Waals surface area (Å²) in [5.74, 6) is -0.221. The number of ether oxygens (including phenoxy) is 1. The molecule has 1 fully saturated rings. The molecule has 1 heterocycles. The van der Waals surface area contributed by atoms with Gasteiger partial charge < -0.3 is 9.64 Å². The molecule has 1 amide bonds. The van der Waals surface area contributed by atoms with Gasteiger partial charge in [-0.1, -0.05) is 15.9 Å². The van der Waals surface area contributed by atoms with Crippen molar-refractivity contribution >= 4 is 21.8 Å². The quantitative estimate of drug-likeness (QED) is 0.851. The predicted molar refractivity (Wildman–Crippen MR) is 68.5 cm³/mol. The number of nitrogens with zero attached hydrogens (tertiary/aromatic N) is 1. The van der Waals surface area contributed by atoms with E-state index in [9.17, 15) is 13.6 Å². The van der Waals surface area contributed by atoms with Crippen LogP contribution in [0, 0.1) is 0 Å². The molecule has 0 radical (unpaired) electrons. The summed E-state index contributed by atoms with van der Waals surface area (Å²) in [7, 11) is 0. The summed E-state index contributed by atoms with van der Waals surface area (Å²) in [5, 5.41) is 0. The Labute approximate surface area is 117 Å². The molecule has 1 aromatic rings. The third-order valence-corrected chi connectivity index (χ3v) is 3.91. The number of carbonyl (C=O) groups excluding carboxylic acids is 1. The lowest BCUT2D eigenvalue weighted by Gasteiger charge is -2.30. The monoisotopic (exact) mass is 331 g/mol. The Bertz CT molecular complexity index is 532. The van der Waals surface area contributed by atoms with Gasteiger partial charge in [-0.15, -0.1) is 0 Å². The van der Waals surface area contributed by atoms with Crippen LogP contribution in [0.2, 0.25) is 0 Å². The van der Waals surface area contributed by atoms with E-state index in [-0.39, 0.29) is 17.7 Å². The summed E-state index contributed by atoms with van der Waals surface area (Å²) >= 11 is 3.26. The fourth-order valence-electron chi connectivity index (χ4n) is 2.49. The number of hydrogen-bond acceptors (Lipinski definition) is 2. The first-order chi connectivity index (χ1) is 9.06. The van der Waals surface area contributed by atoms with Crippen LogP contribution in [-0.2, 0) is 6.42 Å². The van der Waals surface area contributed by atoms with Gasteiger partial charge in [-0.25, -0.2) is 0 Å². The van der Waals surface area contributed by atoms with Crippen LogP contribution in [0.5, 0.6) is 5.75 Å². The van der Waals surface area contributed by atoms with Gasteiger partial charge in [-0.3, -0.25) is 4.79 Å². The number of halogens is 3. The second kappa shape index (κ2) is 4.74. The molecule has 0 bridgehead atoms. The number of fused-ring (bicyclic) bond motifs is 1. The Balaban J connectivity index is 2.02. The van der Waals surface area contributed by atoms with Crippen LogP contribution in [0.1, 0.15) is 28.8 Å². The van der Waals surface area contributed by atoms with E-state index in [0.29, 0.717) is 23.0 Å². The maximum atomic E-state index is 12.5. The van der Waals surface area contributed by atoms with Crippen LogP contribution >= 0.6 is 15.9 Å². The molecule has 6 heteroatoms. The highest BCUT2D eigenvalue weighted by Gasteiger charge is 2.37. The van der Waals surface area contributed by atoms with Crippen LogP contribution < -0.4 is 4.74 Å². The van der Waals surface area contributed by atoms with Gasteiger partial charge in [0, 0.05) is 17.1 Å². The molecule has 1 aliphatic carbocycles. The van der Waals surface area contributed by atoms with Crippen LogP contribution in [0.3, 0.4) is 0 Å². The zero-order valence-corrected chi connectivity index (χ0v) is 11.6. The average Bonchev–Trinajstić information content (AvgIpc) is 3.11. The van der Waals surface area contributed by atoms with Gasteiger partial charge >= 0.3 is 6.61 Å². The summed E-state index contributed by atoms with van der Waals surface area (Å²) in [6, 6.07) is 3.51. The highest BCUT2D eigenvalue weighted by atomic mass is 79.9. The summed E-state index contributed by atoms with van der Waals surface area (Å²) in [6.07, 6.45) is 2.68. The van der Waals surface area contributed by atoms with Gasteiger partial charge in [0.2, 0.25) is 0 Å². The molecule has 1 aromatic carbocycles. The van der Waals surface area contributed by atoms with E-state index in [1.807, 2.05) is 0 Å². The van der Waals surface area contributed by atoms with Crippen molar-refractivity contribution in [3.8, 4) is 5.75 Å². The standard InChI is InChI=1S/C13H12BrF2NO2/c14-8-5-7-3-4-17(9-1-2-9)12(18)11(7)10(6-8)19-13(15)16/h5-6,9,13H,1-4H2. The van der Waals surface area contributed by atoms with Crippen molar-refractivity contribution in [1.29, 1.82) is 0 Å². The maximum absolute atomic E-state index is 12.5. The molecule has 0 N–H and O–H groups in total. The average molecular weight is 332 g/mol. The second-order valence-corrected chi connectivity index (χ2v) is 5.71. The zero-order valence-electron chi connectivity index (χ0n) is 10.0. The van der Waals surface area contributed by atoms with Gasteiger partial charge in [0.15, 0.2) is 0 Å². The van der Waals surface area contributed by atoms with E-state index < -0.39 is 6.61 Å². The molecule has 3 rings (SSSR count). The first-order valence-electron chi connectivity index (χ1n) is 6.14. The van der Waals surface area contributed by atoms with Crippen molar-refractivity contribution in [2.75, 3.05) is 6.54 Å². The minimum absolute atomic E-state index is 0.0327. The van der Waals surface area contributed by atoms with E-state index in [1.54, 1.807) is 11.0 Å². The normalized spacial score (nSPS) is 18.7. The fourth-order valence-corrected chi connectivity index (χ4v) is 2.97. The summed E-state index contributed by atoms with van der Waals surface area (Å²) in [4.78, 5) is 14.2. The van der Waals surface area contributed by atoms with E-state index in [2.05, 4.69) is 20.7 Å². The lowest BCUT2D eigenvalue weighted by molar-refractivity contribution is -0.0504. The third kappa shape index (κ3) is 2.45. The summed E-state index contributed by atoms with van der Waals surface area (Å²) in [6.45, 7) is -2.27. The number of alkyl halides is 2. The third-order valence-electron chi connectivity index (χ3n) is 3.45. The minimum atomic E-state index is -2.93. The molecular formula is C13H12BrF2NO2. The first kappa shape index (κ1) is 12.8. The highest BCUT2D eigenvalue weighted by Crippen LogP contribution is 2.37. The summed E-state index contributed by atoms with van der Waals surface area (Å²) < 4.78 is 30.1. The van der Waals surface area contributed by atoms with Gasteiger partial charge in [-0.2, -0.15) is 8.78 Å². The SMILES string of the molecule is O=C1c2c(cc(Br)cc2OC(F)F)CCN1C1CC1. The fraction of sp³-hybridized carbons (Fsp3) is 0.462. The van der Waals surface area contributed by atoms with Crippen molar-refractivity contribution in [2.24, 2.45) is 0 Å². The molecule has 3 nitrogen and oxygen atoms in total. The molecule has 0 aromatic heterocycles. The molecule has 0 atom stereocenters. The Hall–Kier alpha value is -1.17. The van der Waals surface area contributed by atoms with Crippen molar-refractivity contribution in [3.63, 3.8) is 0 Å². The predicted octanol–water partition coefficient (Wildman–Crippen LogP) is 3.21. The molecule has 0 unspecified atom stereocenters. The smallest absolute Gasteiger partial charge is 0.387 e. The molecular weight excluding hydrogens is 320 g/mol. The van der Waals surface area contributed by atoms with Crippen LogP contribution in [0.25, 0.3) is 0 Å². The zero-order chi connectivity index (χ0) is 13.6. The van der Waals surface area contributed by atoms with E-state index >= 15 is 0 Å². The Morgan fingerprint density at radius 1 is 1.37 bits per heavy atom. The topological polar surface area (TPSA) is 29.5 Å². The highest BCUT2D eigenvalue weighted by molar-refractivity contribution is 9.10. The molecule has 0 saturated heterocycles. The largest absolute Gasteiger partial charge is 0.434 e. The van der Waals surface area contributed by atoms with Gasteiger partial charge in [0.1, 0.15) is 5.75 Å². The molecule has 102 valence electrons. The van der Waals surface area contributed by atoms with Gasteiger partial charge in [-0.05, 0) is 37.0 Å². The van der Waals surface area contributed by atoms with Crippen molar-refractivity contribution in [1.82, 2.24) is 4.90 Å². The molecule has 0 spiro atoms. The minimum Gasteiger partial charge on any atom is -0.434 e. The lowest BCUT2D eigenvalue weighted by atomic mass is 9.98. The number of amides is 1. The first-order valence-corrected chi connectivity index (χ1v) is 6.94. The van der Waals surface area contributed by atoms with Crippen LogP contribution in [0.4, 0.5) is 8.78 Å². The van der Waals surface area contributed by atoms with E-state index in [4.69, 9.17) is 0 Å². The van der Waals surface area contributed by atoms with Crippen LogP contribution in [0.15, 0.2) is 16.6 Å². The lowest BCUT2D eigenvalue weighted by Crippen LogP contribution is -2.39. The number of benzene rings is 1. The molecule has 2 aliphatic rings.